The summed E-state index contributed by atoms with van der Waals surface area (Å²) in [6.45, 7) is 1.07. The van der Waals surface area contributed by atoms with Gasteiger partial charge in [-0.2, -0.15) is 0 Å². The lowest BCUT2D eigenvalue weighted by Crippen LogP contribution is -2.24. The Morgan fingerprint density at radius 3 is 2.86 bits per heavy atom. The SMILES string of the molecule is O=S(=O)(NCc1ccccc1F)c1ccc2c(c1)NCCO2. The molecule has 1 aliphatic heterocycles. The fourth-order valence-electron chi connectivity index (χ4n) is 2.18. The summed E-state index contributed by atoms with van der Waals surface area (Å²) >= 11 is 0. The number of benzene rings is 2. The summed E-state index contributed by atoms with van der Waals surface area (Å²) in [6.07, 6.45) is 0. The van der Waals surface area contributed by atoms with E-state index in [-0.39, 0.29) is 11.4 Å². The number of ether oxygens (including phenoxy) is 1. The molecule has 1 heterocycles. The van der Waals surface area contributed by atoms with Crippen LogP contribution in [0.2, 0.25) is 0 Å². The highest BCUT2D eigenvalue weighted by molar-refractivity contribution is 7.89. The first-order chi connectivity index (χ1) is 10.6. The van der Waals surface area contributed by atoms with Gasteiger partial charge in [-0.15, -0.1) is 0 Å². The van der Waals surface area contributed by atoms with Gasteiger partial charge in [-0.05, 0) is 24.3 Å². The lowest BCUT2D eigenvalue weighted by atomic mass is 10.2. The molecule has 0 unspecified atom stereocenters. The normalized spacial score (nSPS) is 13.9. The molecular weight excluding hydrogens is 307 g/mol. The van der Waals surface area contributed by atoms with Crippen LogP contribution in [0, 0.1) is 5.82 Å². The number of halogens is 1. The van der Waals surface area contributed by atoms with Crippen molar-refractivity contribution < 1.29 is 17.5 Å². The van der Waals surface area contributed by atoms with E-state index in [1.165, 1.54) is 18.2 Å². The third-order valence-electron chi connectivity index (χ3n) is 3.35. The average Bonchev–Trinajstić information content (AvgIpc) is 2.54. The molecule has 2 N–H and O–H groups in total. The Labute approximate surface area is 128 Å². The Hall–Kier alpha value is -2.12. The van der Waals surface area contributed by atoms with E-state index in [2.05, 4.69) is 10.0 Å². The molecule has 0 bridgehead atoms. The van der Waals surface area contributed by atoms with E-state index < -0.39 is 15.8 Å². The largest absolute Gasteiger partial charge is 0.490 e. The Bertz CT molecular complexity index is 793. The van der Waals surface area contributed by atoms with Gasteiger partial charge in [-0.25, -0.2) is 17.5 Å². The van der Waals surface area contributed by atoms with Crippen molar-refractivity contribution in [3.8, 4) is 5.75 Å². The molecule has 1 aliphatic rings. The highest BCUT2D eigenvalue weighted by atomic mass is 32.2. The van der Waals surface area contributed by atoms with Gasteiger partial charge in [0.25, 0.3) is 0 Å². The summed E-state index contributed by atoms with van der Waals surface area (Å²) in [4.78, 5) is 0.112. The van der Waals surface area contributed by atoms with Crippen LogP contribution in [0.4, 0.5) is 10.1 Å². The average molecular weight is 322 g/mol. The zero-order valence-electron chi connectivity index (χ0n) is 11.7. The zero-order chi connectivity index (χ0) is 15.6. The molecular formula is C15H15FN2O3S. The minimum absolute atomic E-state index is 0.101. The number of fused-ring (bicyclic) bond motifs is 1. The van der Waals surface area contributed by atoms with E-state index >= 15 is 0 Å². The molecule has 5 nitrogen and oxygen atoms in total. The van der Waals surface area contributed by atoms with Crippen molar-refractivity contribution in [3.05, 3.63) is 53.8 Å². The Morgan fingerprint density at radius 2 is 2.05 bits per heavy atom. The first-order valence-corrected chi connectivity index (χ1v) is 8.28. The van der Waals surface area contributed by atoms with E-state index in [1.807, 2.05) is 0 Å². The molecule has 0 saturated carbocycles. The number of rotatable bonds is 4. The van der Waals surface area contributed by atoms with Crippen LogP contribution < -0.4 is 14.8 Å². The Balaban J connectivity index is 1.80. The fourth-order valence-corrected chi connectivity index (χ4v) is 3.22. The maximum atomic E-state index is 13.5. The molecule has 0 aliphatic carbocycles. The van der Waals surface area contributed by atoms with Crippen molar-refractivity contribution in [2.75, 3.05) is 18.5 Å². The van der Waals surface area contributed by atoms with E-state index in [9.17, 15) is 12.8 Å². The van der Waals surface area contributed by atoms with Crippen LogP contribution in [-0.4, -0.2) is 21.6 Å². The summed E-state index contributed by atoms with van der Waals surface area (Å²) in [6, 6.07) is 10.6. The van der Waals surface area contributed by atoms with E-state index in [1.54, 1.807) is 24.3 Å². The lowest BCUT2D eigenvalue weighted by molar-refractivity contribution is 0.323. The first kappa shape index (κ1) is 14.8. The quantitative estimate of drug-likeness (QED) is 0.905. The van der Waals surface area contributed by atoms with Crippen LogP contribution in [0.15, 0.2) is 47.4 Å². The van der Waals surface area contributed by atoms with Gasteiger partial charge in [-0.1, -0.05) is 18.2 Å². The summed E-state index contributed by atoms with van der Waals surface area (Å²) in [5, 5.41) is 3.08. The van der Waals surface area contributed by atoms with Gasteiger partial charge in [0.1, 0.15) is 18.2 Å². The topological polar surface area (TPSA) is 67.4 Å². The number of hydrogen-bond acceptors (Lipinski definition) is 4. The third kappa shape index (κ3) is 3.05. The van der Waals surface area contributed by atoms with Crippen molar-refractivity contribution in [1.82, 2.24) is 4.72 Å². The first-order valence-electron chi connectivity index (χ1n) is 6.80. The number of nitrogens with one attached hydrogen (secondary N) is 2. The molecule has 22 heavy (non-hydrogen) atoms. The molecule has 2 aromatic rings. The standard InChI is InChI=1S/C15H15FN2O3S/c16-13-4-2-1-3-11(13)10-18-22(19,20)12-5-6-15-14(9-12)17-7-8-21-15/h1-6,9,17-18H,7-8,10H2. The monoisotopic (exact) mass is 322 g/mol. The molecule has 0 radical (unpaired) electrons. The third-order valence-corrected chi connectivity index (χ3v) is 4.75. The second-order valence-electron chi connectivity index (χ2n) is 4.85. The fraction of sp³-hybridized carbons (Fsp3) is 0.200. The summed E-state index contributed by atoms with van der Waals surface area (Å²) in [5.74, 6) is 0.185. The predicted octanol–water partition coefficient (Wildman–Crippen LogP) is 2.11. The van der Waals surface area contributed by atoms with Gasteiger partial charge in [0.15, 0.2) is 0 Å². The van der Waals surface area contributed by atoms with Crippen LogP contribution in [-0.2, 0) is 16.6 Å². The Kier molecular flexibility index (Phi) is 4.00. The predicted molar refractivity (Wildman–Crippen MR) is 80.9 cm³/mol. The maximum Gasteiger partial charge on any atom is 0.240 e. The highest BCUT2D eigenvalue weighted by Gasteiger charge is 2.18. The summed E-state index contributed by atoms with van der Waals surface area (Å²) in [5.41, 5.74) is 0.936. The van der Waals surface area contributed by atoms with Crippen molar-refractivity contribution in [2.24, 2.45) is 0 Å². The molecule has 116 valence electrons. The van der Waals surface area contributed by atoms with Crippen molar-refractivity contribution >= 4 is 15.7 Å². The van der Waals surface area contributed by atoms with Gasteiger partial charge in [0, 0.05) is 18.7 Å². The van der Waals surface area contributed by atoms with Crippen LogP contribution >= 0.6 is 0 Å². The van der Waals surface area contributed by atoms with Gasteiger partial charge in [0.2, 0.25) is 10.0 Å². The van der Waals surface area contributed by atoms with Crippen molar-refractivity contribution in [2.45, 2.75) is 11.4 Å². The molecule has 0 saturated heterocycles. The number of hydrogen-bond donors (Lipinski definition) is 2. The minimum atomic E-state index is -3.72. The van der Waals surface area contributed by atoms with Crippen LogP contribution in [0.1, 0.15) is 5.56 Å². The van der Waals surface area contributed by atoms with Crippen molar-refractivity contribution in [3.63, 3.8) is 0 Å². The molecule has 2 aromatic carbocycles. The minimum Gasteiger partial charge on any atom is -0.490 e. The molecule has 0 fully saturated rings. The van der Waals surface area contributed by atoms with E-state index in [0.29, 0.717) is 30.2 Å². The second kappa shape index (κ2) is 5.94. The van der Waals surface area contributed by atoms with Gasteiger partial charge in [-0.3, -0.25) is 0 Å². The van der Waals surface area contributed by atoms with Crippen LogP contribution in [0.5, 0.6) is 5.75 Å². The molecule has 3 rings (SSSR count). The second-order valence-corrected chi connectivity index (χ2v) is 6.62. The summed E-state index contributed by atoms with van der Waals surface area (Å²) in [7, 11) is -3.72. The number of anilines is 1. The van der Waals surface area contributed by atoms with Gasteiger partial charge >= 0.3 is 0 Å². The molecule has 0 atom stereocenters. The maximum absolute atomic E-state index is 13.5. The van der Waals surface area contributed by atoms with Gasteiger partial charge < -0.3 is 10.1 Å². The van der Waals surface area contributed by atoms with E-state index in [4.69, 9.17) is 4.74 Å². The van der Waals surface area contributed by atoms with Crippen molar-refractivity contribution in [1.29, 1.82) is 0 Å². The van der Waals surface area contributed by atoms with Gasteiger partial charge in [0.05, 0.1) is 10.6 Å². The summed E-state index contributed by atoms with van der Waals surface area (Å²) < 4.78 is 45.9. The molecule has 7 heteroatoms. The smallest absolute Gasteiger partial charge is 0.240 e. The van der Waals surface area contributed by atoms with Crippen LogP contribution in [0.3, 0.4) is 0 Å². The van der Waals surface area contributed by atoms with Crippen LogP contribution in [0.25, 0.3) is 0 Å². The molecule has 0 aromatic heterocycles. The lowest BCUT2D eigenvalue weighted by Gasteiger charge is -2.19. The van der Waals surface area contributed by atoms with E-state index in [0.717, 1.165) is 0 Å². The highest BCUT2D eigenvalue weighted by Crippen LogP contribution is 2.29. The molecule has 0 spiro atoms. The number of sulfonamides is 1. The molecule has 0 amide bonds. The zero-order valence-corrected chi connectivity index (χ0v) is 12.5. The Morgan fingerprint density at radius 1 is 1.23 bits per heavy atom.